The van der Waals surface area contributed by atoms with E-state index in [4.69, 9.17) is 0 Å². The fraction of sp³-hybridized carbons (Fsp3) is 0.500. The molecule has 0 aliphatic carbocycles. The van der Waals surface area contributed by atoms with Crippen LogP contribution in [0.15, 0.2) is 11.9 Å². The fourth-order valence-corrected chi connectivity index (χ4v) is 0.446. The Morgan fingerprint density at radius 3 is 2.83 bits per heavy atom. The Balaban J connectivity index is 2.45. The van der Waals surface area contributed by atoms with E-state index >= 15 is 0 Å². The predicted molar refractivity (Wildman–Crippen MR) is 24.9 cm³/mol. The average Bonchev–Trinajstić information content (AvgIpc) is 1.86. The van der Waals surface area contributed by atoms with Gasteiger partial charge in [0.05, 0.1) is 6.67 Å². The van der Waals surface area contributed by atoms with Crippen molar-refractivity contribution < 1.29 is 0 Å². The van der Waals surface area contributed by atoms with Crippen LogP contribution >= 0.6 is 0 Å². The zero-order chi connectivity index (χ0) is 4.41. The summed E-state index contributed by atoms with van der Waals surface area (Å²) in [5, 5.41) is 6.07. The molecule has 2 N–H and O–H groups in total. The van der Waals surface area contributed by atoms with E-state index in [1.807, 2.05) is 13.1 Å². The van der Waals surface area contributed by atoms with E-state index in [9.17, 15) is 0 Å². The van der Waals surface area contributed by atoms with Gasteiger partial charge in [-0.25, -0.2) is 0 Å². The van der Waals surface area contributed by atoms with Gasteiger partial charge in [-0.05, 0) is 6.92 Å². The summed E-state index contributed by atoms with van der Waals surface area (Å²) in [4.78, 5) is 0. The van der Waals surface area contributed by atoms with Crippen LogP contribution in [0.1, 0.15) is 6.92 Å². The number of allylic oxidation sites excluding steroid dienone is 1. The minimum Gasteiger partial charge on any atom is -0.372 e. The molecule has 2 nitrogen and oxygen atoms in total. The third-order valence-electron chi connectivity index (χ3n) is 0.788. The maximum Gasteiger partial charge on any atom is 0.0843 e. The van der Waals surface area contributed by atoms with Crippen LogP contribution in [0.3, 0.4) is 0 Å². The quantitative estimate of drug-likeness (QED) is 0.431. The van der Waals surface area contributed by atoms with Crippen molar-refractivity contribution >= 4 is 0 Å². The number of nitrogens with one attached hydrogen (secondary N) is 2. The molecule has 0 fully saturated rings. The molecule has 2 heteroatoms. The number of rotatable bonds is 0. The van der Waals surface area contributed by atoms with Gasteiger partial charge in [0.2, 0.25) is 0 Å². The molecule has 1 heterocycles. The van der Waals surface area contributed by atoms with Crippen molar-refractivity contribution in [3.63, 3.8) is 0 Å². The van der Waals surface area contributed by atoms with Gasteiger partial charge in [0, 0.05) is 11.9 Å². The molecule has 0 unspecified atom stereocenters. The van der Waals surface area contributed by atoms with Gasteiger partial charge < -0.3 is 10.6 Å². The molecule has 34 valence electrons. The molecule has 1 rings (SSSR count). The number of hydrogen-bond donors (Lipinski definition) is 2. The van der Waals surface area contributed by atoms with Gasteiger partial charge in [0.1, 0.15) is 0 Å². The van der Waals surface area contributed by atoms with E-state index in [1.165, 1.54) is 5.70 Å². The van der Waals surface area contributed by atoms with Crippen LogP contribution in [0.4, 0.5) is 0 Å². The molecule has 6 heavy (non-hydrogen) atoms. The molecule has 0 aromatic rings. The molecule has 1 aliphatic heterocycles. The van der Waals surface area contributed by atoms with E-state index in [0.717, 1.165) is 6.67 Å². The van der Waals surface area contributed by atoms with Crippen molar-refractivity contribution in [1.82, 2.24) is 10.6 Å². The molecule has 0 amide bonds. The summed E-state index contributed by atoms with van der Waals surface area (Å²) < 4.78 is 0. The van der Waals surface area contributed by atoms with Crippen LogP contribution in [0.25, 0.3) is 0 Å². The van der Waals surface area contributed by atoms with Crippen LogP contribution < -0.4 is 10.6 Å². The minimum absolute atomic E-state index is 0.895. The summed E-state index contributed by atoms with van der Waals surface area (Å²) >= 11 is 0. The predicted octanol–water partition coefficient (Wildman–Crippen LogP) is -0.00200. The van der Waals surface area contributed by atoms with Crippen molar-refractivity contribution in [2.75, 3.05) is 6.67 Å². The second-order valence-electron chi connectivity index (χ2n) is 1.39. The Morgan fingerprint density at radius 1 is 1.83 bits per heavy atom. The van der Waals surface area contributed by atoms with Crippen LogP contribution in [0.5, 0.6) is 0 Å². The zero-order valence-corrected chi connectivity index (χ0v) is 3.78. The normalized spacial score (nSPS) is 18.5. The highest BCUT2D eigenvalue weighted by molar-refractivity contribution is 4.98. The van der Waals surface area contributed by atoms with Crippen LogP contribution in [-0.4, -0.2) is 6.67 Å². The molecule has 0 saturated carbocycles. The Bertz CT molecular complexity index is 75.6. The van der Waals surface area contributed by atoms with Gasteiger partial charge >= 0.3 is 0 Å². The Morgan fingerprint density at radius 2 is 2.67 bits per heavy atom. The standard InChI is InChI=1S/C4H8N2/c1-4-2-5-3-6-4/h2,5-6H,3H2,1H3. The first-order chi connectivity index (χ1) is 2.89. The van der Waals surface area contributed by atoms with Crippen molar-refractivity contribution in [3.8, 4) is 0 Å². The lowest BCUT2D eigenvalue weighted by Crippen LogP contribution is -2.12. The maximum absolute atomic E-state index is 3.07. The van der Waals surface area contributed by atoms with Crippen LogP contribution in [0, 0.1) is 0 Å². The van der Waals surface area contributed by atoms with Gasteiger partial charge in [-0.3, -0.25) is 0 Å². The lowest BCUT2D eigenvalue weighted by Gasteiger charge is -1.88. The van der Waals surface area contributed by atoms with E-state index in [-0.39, 0.29) is 0 Å². The summed E-state index contributed by atoms with van der Waals surface area (Å²) in [7, 11) is 0. The monoisotopic (exact) mass is 84.1 g/mol. The SMILES string of the molecule is CC1=CNCN1. The molecular formula is C4H8N2. The highest BCUT2D eigenvalue weighted by Gasteiger charge is 1.89. The Hall–Kier alpha value is -0.660. The summed E-state index contributed by atoms with van der Waals surface area (Å²) in [6.45, 7) is 2.92. The van der Waals surface area contributed by atoms with Gasteiger partial charge in [0.15, 0.2) is 0 Å². The summed E-state index contributed by atoms with van der Waals surface area (Å²) in [5.74, 6) is 0. The highest BCUT2D eigenvalue weighted by atomic mass is 15.1. The van der Waals surface area contributed by atoms with Crippen LogP contribution in [0.2, 0.25) is 0 Å². The Kier molecular flexibility index (Phi) is 0.708. The van der Waals surface area contributed by atoms with E-state index < -0.39 is 0 Å². The molecule has 0 aromatic carbocycles. The van der Waals surface area contributed by atoms with Crippen molar-refractivity contribution in [3.05, 3.63) is 11.9 Å². The first kappa shape index (κ1) is 3.53. The molecule has 0 bridgehead atoms. The number of hydrogen-bond acceptors (Lipinski definition) is 2. The zero-order valence-electron chi connectivity index (χ0n) is 3.78. The lowest BCUT2D eigenvalue weighted by molar-refractivity contribution is 0.813. The third-order valence-corrected chi connectivity index (χ3v) is 0.788. The molecule has 0 aromatic heterocycles. The molecular weight excluding hydrogens is 76.1 g/mol. The van der Waals surface area contributed by atoms with Gasteiger partial charge in [-0.2, -0.15) is 0 Å². The molecule has 0 atom stereocenters. The third kappa shape index (κ3) is 0.455. The summed E-state index contributed by atoms with van der Waals surface area (Å²) in [6.07, 6.45) is 1.96. The van der Waals surface area contributed by atoms with Gasteiger partial charge in [-0.15, -0.1) is 0 Å². The van der Waals surface area contributed by atoms with E-state index in [1.54, 1.807) is 0 Å². The average molecular weight is 84.1 g/mol. The summed E-state index contributed by atoms with van der Waals surface area (Å²) in [6, 6.07) is 0. The van der Waals surface area contributed by atoms with Crippen molar-refractivity contribution in [1.29, 1.82) is 0 Å². The molecule has 0 radical (unpaired) electrons. The first-order valence-electron chi connectivity index (χ1n) is 2.03. The van der Waals surface area contributed by atoms with E-state index in [2.05, 4.69) is 10.6 Å². The fourth-order valence-electron chi connectivity index (χ4n) is 0.446. The molecule has 1 aliphatic rings. The molecule has 0 spiro atoms. The van der Waals surface area contributed by atoms with Crippen LogP contribution in [-0.2, 0) is 0 Å². The lowest BCUT2D eigenvalue weighted by atomic mass is 10.6. The topological polar surface area (TPSA) is 24.1 Å². The highest BCUT2D eigenvalue weighted by Crippen LogP contribution is 1.85. The molecule has 0 saturated heterocycles. The first-order valence-corrected chi connectivity index (χ1v) is 2.03. The maximum atomic E-state index is 3.07. The van der Waals surface area contributed by atoms with Crippen molar-refractivity contribution in [2.24, 2.45) is 0 Å². The van der Waals surface area contributed by atoms with E-state index in [0.29, 0.717) is 0 Å². The second-order valence-corrected chi connectivity index (χ2v) is 1.39. The largest absolute Gasteiger partial charge is 0.372 e. The minimum atomic E-state index is 0.895. The second kappa shape index (κ2) is 1.20. The summed E-state index contributed by atoms with van der Waals surface area (Å²) in [5.41, 5.74) is 1.22. The Labute approximate surface area is 37.2 Å². The van der Waals surface area contributed by atoms with Gasteiger partial charge in [0.25, 0.3) is 0 Å². The smallest absolute Gasteiger partial charge is 0.0843 e. The van der Waals surface area contributed by atoms with Crippen molar-refractivity contribution in [2.45, 2.75) is 6.92 Å². The van der Waals surface area contributed by atoms with Gasteiger partial charge in [-0.1, -0.05) is 0 Å².